The summed E-state index contributed by atoms with van der Waals surface area (Å²) in [4.78, 5) is 52.2. The van der Waals surface area contributed by atoms with Crippen LogP contribution in [0.25, 0.3) is 0 Å². The molecule has 0 aromatic heterocycles. The molecule has 0 saturated carbocycles. The highest BCUT2D eigenvalue weighted by atomic mass is 16.2. The molecule has 2 saturated heterocycles. The average molecular weight is 444 g/mol. The van der Waals surface area contributed by atoms with Crippen LogP contribution in [0.2, 0.25) is 0 Å². The summed E-state index contributed by atoms with van der Waals surface area (Å²) in [6, 6.07) is 6.88. The number of nitrogens with one attached hydrogen (secondary N) is 3. The number of carbonyl (C=O) groups is 4. The lowest BCUT2D eigenvalue weighted by Gasteiger charge is -2.34. The second-order valence-electron chi connectivity index (χ2n) is 9.47. The summed E-state index contributed by atoms with van der Waals surface area (Å²) in [5, 5.41) is 8.26. The number of hydrogen-bond acceptors (Lipinski definition) is 4. The monoisotopic (exact) mass is 443 g/mol. The van der Waals surface area contributed by atoms with E-state index in [0.717, 1.165) is 19.3 Å². The van der Waals surface area contributed by atoms with Gasteiger partial charge in [-0.25, -0.2) is 4.79 Å². The average Bonchev–Trinajstić information content (AvgIpc) is 3.17. The van der Waals surface area contributed by atoms with E-state index in [0.29, 0.717) is 44.0 Å². The van der Waals surface area contributed by atoms with E-state index in [1.807, 2.05) is 26.8 Å². The lowest BCUT2D eigenvalue weighted by atomic mass is 9.97. The van der Waals surface area contributed by atoms with Gasteiger partial charge in [-0.1, -0.05) is 6.07 Å². The maximum atomic E-state index is 12.3. The largest absolute Gasteiger partial charge is 0.348 e. The summed E-state index contributed by atoms with van der Waals surface area (Å²) in [5.41, 5.74) is 0.909. The van der Waals surface area contributed by atoms with Crippen molar-refractivity contribution in [3.05, 3.63) is 24.3 Å². The minimum Gasteiger partial charge on any atom is -0.348 e. The van der Waals surface area contributed by atoms with Crippen molar-refractivity contribution in [1.29, 1.82) is 0 Å². The molecule has 0 unspecified atom stereocenters. The normalized spacial score (nSPS) is 17.3. The molecule has 174 valence electrons. The Labute approximate surface area is 188 Å². The standard InChI is InChI=1S/C23H33N5O4/c1-23(2,3)26-22(32)27-12-9-16(10-13-27)15-24-20(30)21(31)25-17-6-4-7-18(14-17)28-11-5-8-19(28)29/h4,6-7,14,16H,5,8-13,15H2,1-3H3,(H,24,30)(H,25,31)(H,26,32). The van der Waals surface area contributed by atoms with Gasteiger partial charge in [0.1, 0.15) is 0 Å². The van der Waals surface area contributed by atoms with Crippen LogP contribution in [0.1, 0.15) is 46.5 Å². The van der Waals surface area contributed by atoms with Crippen molar-refractivity contribution >= 4 is 35.1 Å². The molecule has 9 heteroatoms. The van der Waals surface area contributed by atoms with Crippen LogP contribution in [0.3, 0.4) is 0 Å². The van der Waals surface area contributed by atoms with E-state index >= 15 is 0 Å². The van der Waals surface area contributed by atoms with Gasteiger partial charge in [0.25, 0.3) is 0 Å². The summed E-state index contributed by atoms with van der Waals surface area (Å²) >= 11 is 0. The Morgan fingerprint density at radius 1 is 1.06 bits per heavy atom. The number of hydrogen-bond donors (Lipinski definition) is 3. The number of amides is 5. The molecule has 3 rings (SSSR count). The molecule has 1 aromatic carbocycles. The number of nitrogens with zero attached hydrogens (tertiary/aromatic N) is 2. The van der Waals surface area contributed by atoms with Crippen molar-refractivity contribution in [1.82, 2.24) is 15.5 Å². The van der Waals surface area contributed by atoms with Crippen molar-refractivity contribution in [2.45, 2.75) is 52.0 Å². The van der Waals surface area contributed by atoms with Crippen molar-refractivity contribution in [2.24, 2.45) is 5.92 Å². The molecule has 0 radical (unpaired) electrons. The van der Waals surface area contributed by atoms with Gasteiger partial charge in [0.05, 0.1) is 0 Å². The van der Waals surface area contributed by atoms with Gasteiger partial charge < -0.3 is 25.8 Å². The van der Waals surface area contributed by atoms with Crippen molar-refractivity contribution in [3.8, 4) is 0 Å². The number of anilines is 2. The summed E-state index contributed by atoms with van der Waals surface area (Å²) in [7, 11) is 0. The first-order valence-electron chi connectivity index (χ1n) is 11.2. The minimum absolute atomic E-state index is 0.0631. The minimum atomic E-state index is -0.739. The Kier molecular flexibility index (Phi) is 7.37. The Morgan fingerprint density at radius 3 is 2.41 bits per heavy atom. The molecule has 0 atom stereocenters. The number of likely N-dealkylation sites (tertiary alicyclic amines) is 1. The van der Waals surface area contributed by atoms with Crippen LogP contribution in [0.4, 0.5) is 16.2 Å². The molecule has 0 aliphatic carbocycles. The predicted molar refractivity (Wildman–Crippen MR) is 122 cm³/mol. The van der Waals surface area contributed by atoms with Crippen LogP contribution in [0, 0.1) is 5.92 Å². The predicted octanol–water partition coefficient (Wildman–Crippen LogP) is 2.09. The summed E-state index contributed by atoms with van der Waals surface area (Å²) in [5.74, 6) is -1.15. The van der Waals surface area contributed by atoms with E-state index in [1.165, 1.54) is 0 Å². The van der Waals surface area contributed by atoms with E-state index < -0.39 is 11.8 Å². The maximum absolute atomic E-state index is 12.3. The molecule has 2 aliphatic rings. The molecule has 2 fully saturated rings. The summed E-state index contributed by atoms with van der Waals surface area (Å²) in [6.07, 6.45) is 2.88. The number of urea groups is 1. The highest BCUT2D eigenvalue weighted by molar-refractivity contribution is 6.39. The molecule has 3 N–H and O–H groups in total. The van der Waals surface area contributed by atoms with Crippen LogP contribution in [-0.4, -0.2) is 60.4 Å². The Bertz CT molecular complexity index is 871. The van der Waals surface area contributed by atoms with Crippen molar-refractivity contribution < 1.29 is 19.2 Å². The fourth-order valence-corrected chi connectivity index (χ4v) is 3.92. The quantitative estimate of drug-likeness (QED) is 0.619. The third-order valence-corrected chi connectivity index (χ3v) is 5.63. The number of piperidine rings is 1. The zero-order valence-corrected chi connectivity index (χ0v) is 19.1. The Hall–Kier alpha value is -3.10. The lowest BCUT2D eigenvalue weighted by molar-refractivity contribution is -0.136. The van der Waals surface area contributed by atoms with E-state index in [-0.39, 0.29) is 23.4 Å². The first-order chi connectivity index (χ1) is 15.1. The van der Waals surface area contributed by atoms with Gasteiger partial charge in [0.2, 0.25) is 5.91 Å². The second-order valence-corrected chi connectivity index (χ2v) is 9.47. The number of rotatable bonds is 4. The highest BCUT2D eigenvalue weighted by Crippen LogP contribution is 2.24. The van der Waals surface area contributed by atoms with Crippen LogP contribution in [-0.2, 0) is 14.4 Å². The Balaban J connectivity index is 1.43. The third-order valence-electron chi connectivity index (χ3n) is 5.63. The SMILES string of the molecule is CC(C)(C)NC(=O)N1CCC(CNC(=O)C(=O)Nc2cccc(N3CCCC3=O)c2)CC1. The van der Waals surface area contributed by atoms with E-state index in [2.05, 4.69) is 16.0 Å². The fourth-order valence-electron chi connectivity index (χ4n) is 3.92. The van der Waals surface area contributed by atoms with Gasteiger partial charge in [0, 0.05) is 49.5 Å². The molecule has 0 bridgehead atoms. The van der Waals surface area contributed by atoms with Gasteiger partial charge in [-0.05, 0) is 64.2 Å². The first-order valence-corrected chi connectivity index (χ1v) is 11.2. The van der Waals surface area contributed by atoms with Gasteiger partial charge >= 0.3 is 17.8 Å². The molecule has 2 heterocycles. The summed E-state index contributed by atoms with van der Waals surface area (Å²) in [6.45, 7) is 8.13. The second kappa shape index (κ2) is 10.0. The van der Waals surface area contributed by atoms with Gasteiger partial charge in [-0.3, -0.25) is 14.4 Å². The Morgan fingerprint density at radius 2 is 1.78 bits per heavy atom. The zero-order chi connectivity index (χ0) is 23.3. The van der Waals surface area contributed by atoms with Gasteiger partial charge in [0.15, 0.2) is 0 Å². The van der Waals surface area contributed by atoms with Crippen LogP contribution < -0.4 is 20.9 Å². The van der Waals surface area contributed by atoms with Gasteiger partial charge in [-0.15, -0.1) is 0 Å². The van der Waals surface area contributed by atoms with Crippen molar-refractivity contribution in [2.75, 3.05) is 36.4 Å². The van der Waals surface area contributed by atoms with E-state index in [1.54, 1.807) is 28.0 Å². The third kappa shape index (κ3) is 6.45. The van der Waals surface area contributed by atoms with Crippen LogP contribution >= 0.6 is 0 Å². The zero-order valence-electron chi connectivity index (χ0n) is 19.1. The molecule has 0 spiro atoms. The molecule has 2 aliphatic heterocycles. The van der Waals surface area contributed by atoms with Crippen molar-refractivity contribution in [3.63, 3.8) is 0 Å². The lowest BCUT2D eigenvalue weighted by Crippen LogP contribution is -2.51. The number of benzene rings is 1. The smallest absolute Gasteiger partial charge is 0.317 e. The van der Waals surface area contributed by atoms with E-state index in [9.17, 15) is 19.2 Å². The maximum Gasteiger partial charge on any atom is 0.317 e. The fraction of sp³-hybridized carbons (Fsp3) is 0.565. The molecule has 9 nitrogen and oxygen atoms in total. The van der Waals surface area contributed by atoms with Crippen LogP contribution in [0.15, 0.2) is 24.3 Å². The highest BCUT2D eigenvalue weighted by Gasteiger charge is 2.26. The van der Waals surface area contributed by atoms with Gasteiger partial charge in [-0.2, -0.15) is 0 Å². The molecular formula is C23H33N5O4. The molecule has 5 amide bonds. The first kappa shape index (κ1) is 23.6. The van der Waals surface area contributed by atoms with E-state index in [4.69, 9.17) is 0 Å². The molecule has 1 aromatic rings. The topological polar surface area (TPSA) is 111 Å². The molecule has 32 heavy (non-hydrogen) atoms. The molecular weight excluding hydrogens is 410 g/mol. The van der Waals surface area contributed by atoms with Crippen LogP contribution in [0.5, 0.6) is 0 Å². The number of carbonyl (C=O) groups excluding carboxylic acids is 4. The summed E-state index contributed by atoms with van der Waals surface area (Å²) < 4.78 is 0.